The Morgan fingerprint density at radius 2 is 1.89 bits per heavy atom. The number of nitrogen functional groups attached to an aromatic ring is 1. The molecule has 0 saturated heterocycles. The van der Waals surface area contributed by atoms with Crippen LogP contribution in [0.1, 0.15) is 11.4 Å². The number of benzene rings is 1. The molecule has 0 bridgehead atoms. The fraction of sp³-hybridized carbons (Fsp3) is 0.154. The van der Waals surface area contributed by atoms with E-state index in [0.717, 1.165) is 5.65 Å². The molecular weight excluding hydrogens is 306 g/mol. The highest BCUT2D eigenvalue weighted by atomic mass is 79.9. The number of halogens is 1. The molecule has 0 aliphatic rings. The van der Waals surface area contributed by atoms with Crippen molar-refractivity contribution < 1.29 is 0 Å². The van der Waals surface area contributed by atoms with Gasteiger partial charge in [0.25, 0.3) is 0 Å². The smallest absolute Gasteiger partial charge is 0.179 e. The normalized spacial score (nSPS) is 11.1. The lowest BCUT2D eigenvalue weighted by molar-refractivity contribution is 0.788. The van der Waals surface area contributed by atoms with Gasteiger partial charge in [-0.3, -0.25) is 4.57 Å². The van der Waals surface area contributed by atoms with Crippen LogP contribution in [0.5, 0.6) is 0 Å². The predicted molar refractivity (Wildman–Crippen MR) is 77.7 cm³/mol. The minimum Gasteiger partial charge on any atom is -0.382 e. The summed E-state index contributed by atoms with van der Waals surface area (Å²) in [6.45, 7) is 2.51. The fourth-order valence-electron chi connectivity index (χ4n) is 2.01. The summed E-state index contributed by atoms with van der Waals surface area (Å²) >= 11 is 3.45. The van der Waals surface area contributed by atoms with Crippen molar-refractivity contribution in [2.75, 3.05) is 5.73 Å². The van der Waals surface area contributed by atoms with Crippen LogP contribution in [-0.2, 0) is 6.54 Å². The molecule has 96 valence electrons. The molecule has 2 N–H and O–H groups in total. The minimum absolute atomic E-state index is 0.412. The molecule has 0 amide bonds. The van der Waals surface area contributed by atoms with E-state index in [-0.39, 0.29) is 0 Å². The molecule has 5 nitrogen and oxygen atoms in total. The van der Waals surface area contributed by atoms with E-state index in [1.165, 1.54) is 5.56 Å². The van der Waals surface area contributed by atoms with E-state index in [4.69, 9.17) is 5.73 Å². The Morgan fingerprint density at radius 1 is 1.16 bits per heavy atom. The molecule has 19 heavy (non-hydrogen) atoms. The molecule has 3 rings (SSSR count). The second kappa shape index (κ2) is 4.62. The first kappa shape index (κ1) is 12.1. The van der Waals surface area contributed by atoms with E-state index in [1.807, 2.05) is 29.7 Å². The molecule has 0 spiro atoms. The zero-order valence-electron chi connectivity index (χ0n) is 10.3. The summed E-state index contributed by atoms with van der Waals surface area (Å²) in [6.07, 6.45) is 0. The quantitative estimate of drug-likeness (QED) is 0.737. The number of nitrogens with zero attached hydrogens (tertiary/aromatic N) is 4. The molecular formula is C13H12BrN5. The Labute approximate surface area is 118 Å². The molecule has 1 aromatic carbocycles. The number of rotatable bonds is 2. The number of fused-ring (bicyclic) bond motifs is 1. The summed E-state index contributed by atoms with van der Waals surface area (Å²) in [5.41, 5.74) is 8.45. The molecule has 0 unspecified atom stereocenters. The molecule has 6 heteroatoms. The summed E-state index contributed by atoms with van der Waals surface area (Å²) in [7, 11) is 0. The number of nitrogens with two attached hydrogens (primary N) is 1. The Morgan fingerprint density at radius 3 is 2.63 bits per heavy atom. The maximum absolute atomic E-state index is 5.88. The first-order valence-electron chi connectivity index (χ1n) is 5.85. The van der Waals surface area contributed by atoms with Crippen LogP contribution in [0.4, 0.5) is 5.82 Å². The van der Waals surface area contributed by atoms with Gasteiger partial charge in [-0.05, 0) is 28.4 Å². The number of aromatic nitrogens is 4. The molecule has 2 heterocycles. The van der Waals surface area contributed by atoms with E-state index in [0.29, 0.717) is 28.4 Å². The van der Waals surface area contributed by atoms with Gasteiger partial charge in [0, 0.05) is 0 Å². The highest BCUT2D eigenvalue weighted by molar-refractivity contribution is 9.10. The van der Waals surface area contributed by atoms with Crippen molar-refractivity contribution in [3.63, 3.8) is 0 Å². The van der Waals surface area contributed by atoms with Gasteiger partial charge in [0.1, 0.15) is 5.82 Å². The third-order valence-electron chi connectivity index (χ3n) is 2.87. The van der Waals surface area contributed by atoms with Crippen LogP contribution in [-0.4, -0.2) is 19.5 Å². The van der Waals surface area contributed by atoms with Gasteiger partial charge in [-0.1, -0.05) is 30.3 Å². The molecule has 0 aliphatic carbocycles. The summed E-state index contributed by atoms with van der Waals surface area (Å²) in [6, 6.07) is 10.1. The van der Waals surface area contributed by atoms with E-state index in [9.17, 15) is 0 Å². The van der Waals surface area contributed by atoms with Crippen molar-refractivity contribution in [1.29, 1.82) is 0 Å². The van der Waals surface area contributed by atoms with Gasteiger partial charge in [0.05, 0.1) is 6.54 Å². The first-order chi connectivity index (χ1) is 9.15. The number of hydrogen-bond acceptors (Lipinski definition) is 4. The Bertz CT molecular complexity index is 736. The monoisotopic (exact) mass is 317 g/mol. The third kappa shape index (κ3) is 2.19. The standard InChI is InChI=1S/C13H12BrN5/c1-8-16-11(15)10-12(17-8)19(13(14)18-10)7-9-5-3-2-4-6-9/h2-6H,7H2,1H3,(H2,15,16,17). The fourth-order valence-corrected chi connectivity index (χ4v) is 2.49. The van der Waals surface area contributed by atoms with Gasteiger partial charge in [0.2, 0.25) is 0 Å². The highest BCUT2D eigenvalue weighted by Crippen LogP contribution is 2.23. The third-order valence-corrected chi connectivity index (χ3v) is 3.48. The lowest BCUT2D eigenvalue weighted by Gasteiger charge is -2.06. The van der Waals surface area contributed by atoms with Gasteiger partial charge < -0.3 is 5.73 Å². The van der Waals surface area contributed by atoms with Gasteiger partial charge in [-0.2, -0.15) is 0 Å². The van der Waals surface area contributed by atoms with Crippen LogP contribution in [0.15, 0.2) is 35.1 Å². The molecule has 0 atom stereocenters. The summed E-state index contributed by atoms with van der Waals surface area (Å²) in [5.74, 6) is 1.06. The molecule has 3 aromatic rings. The van der Waals surface area contributed by atoms with Crippen LogP contribution < -0.4 is 5.73 Å². The van der Waals surface area contributed by atoms with Crippen molar-refractivity contribution in [2.24, 2.45) is 0 Å². The summed E-state index contributed by atoms with van der Waals surface area (Å²) < 4.78 is 2.69. The van der Waals surface area contributed by atoms with Crippen molar-refractivity contribution >= 4 is 32.9 Å². The molecule has 0 fully saturated rings. The van der Waals surface area contributed by atoms with Crippen molar-refractivity contribution in [2.45, 2.75) is 13.5 Å². The van der Waals surface area contributed by atoms with Crippen molar-refractivity contribution in [3.8, 4) is 0 Å². The van der Waals surface area contributed by atoms with Gasteiger partial charge >= 0.3 is 0 Å². The topological polar surface area (TPSA) is 69.6 Å². The minimum atomic E-state index is 0.412. The van der Waals surface area contributed by atoms with Gasteiger partial charge in [0.15, 0.2) is 21.7 Å². The average molecular weight is 318 g/mol. The molecule has 0 radical (unpaired) electrons. The Hall–Kier alpha value is -1.95. The van der Waals surface area contributed by atoms with Gasteiger partial charge in [-0.15, -0.1) is 0 Å². The lowest BCUT2D eigenvalue weighted by Crippen LogP contribution is -2.03. The van der Waals surface area contributed by atoms with Crippen molar-refractivity contribution in [1.82, 2.24) is 19.5 Å². The number of anilines is 1. The maximum atomic E-state index is 5.88. The first-order valence-corrected chi connectivity index (χ1v) is 6.64. The van der Waals surface area contributed by atoms with Crippen molar-refractivity contribution in [3.05, 3.63) is 46.5 Å². The van der Waals surface area contributed by atoms with E-state index in [2.05, 4.69) is 43.0 Å². The lowest BCUT2D eigenvalue weighted by atomic mass is 10.2. The zero-order valence-corrected chi connectivity index (χ0v) is 11.9. The summed E-state index contributed by atoms with van der Waals surface area (Å²) in [4.78, 5) is 12.9. The predicted octanol–water partition coefficient (Wildman–Crippen LogP) is 2.53. The van der Waals surface area contributed by atoms with Crippen LogP contribution in [0.2, 0.25) is 0 Å². The number of imidazole rings is 1. The SMILES string of the molecule is Cc1nc(N)c2nc(Br)n(Cc3ccccc3)c2n1. The molecule has 0 saturated carbocycles. The molecule has 0 aliphatic heterocycles. The molecule has 2 aromatic heterocycles. The van der Waals surface area contributed by atoms with Crippen LogP contribution in [0.3, 0.4) is 0 Å². The highest BCUT2D eigenvalue weighted by Gasteiger charge is 2.14. The Balaban J connectivity index is 2.15. The van der Waals surface area contributed by atoms with E-state index >= 15 is 0 Å². The van der Waals surface area contributed by atoms with Crippen LogP contribution in [0.25, 0.3) is 11.2 Å². The zero-order chi connectivity index (χ0) is 13.4. The number of aryl methyl sites for hydroxylation is 1. The second-order valence-corrected chi connectivity index (χ2v) is 4.99. The average Bonchev–Trinajstić information content (AvgIpc) is 2.69. The van der Waals surface area contributed by atoms with Crippen LogP contribution >= 0.6 is 15.9 Å². The van der Waals surface area contributed by atoms with E-state index < -0.39 is 0 Å². The second-order valence-electron chi connectivity index (χ2n) is 4.28. The Kier molecular flexibility index (Phi) is 2.94. The maximum Gasteiger partial charge on any atom is 0.179 e. The van der Waals surface area contributed by atoms with Crippen LogP contribution in [0, 0.1) is 6.92 Å². The van der Waals surface area contributed by atoms with E-state index in [1.54, 1.807) is 0 Å². The summed E-state index contributed by atoms with van der Waals surface area (Å²) in [5, 5.41) is 0. The number of hydrogen-bond donors (Lipinski definition) is 1. The van der Waals surface area contributed by atoms with Gasteiger partial charge in [-0.25, -0.2) is 15.0 Å². The largest absolute Gasteiger partial charge is 0.382 e.